The molecule has 0 fully saturated rings. The molecule has 0 radical (unpaired) electrons. The van der Waals surface area contributed by atoms with E-state index in [1.165, 1.54) is 11.8 Å². The molecule has 0 bridgehead atoms. The lowest BCUT2D eigenvalue weighted by Crippen LogP contribution is -2.07. The van der Waals surface area contributed by atoms with Crippen molar-refractivity contribution in [2.45, 2.75) is 25.9 Å². The summed E-state index contributed by atoms with van der Waals surface area (Å²) in [5, 5.41) is 10.2. The van der Waals surface area contributed by atoms with Crippen LogP contribution in [0, 0.1) is 20.8 Å². The van der Waals surface area contributed by atoms with Gasteiger partial charge in [0.2, 0.25) is 0 Å². The highest BCUT2D eigenvalue weighted by molar-refractivity contribution is 7.99. The Bertz CT molecular complexity index is 1250. The number of aryl methyl sites for hydroxylation is 3. The Hall–Kier alpha value is -2.89. The van der Waals surface area contributed by atoms with Gasteiger partial charge in [-0.05, 0) is 74.4 Å². The zero-order valence-electron chi connectivity index (χ0n) is 17.6. The highest BCUT2D eigenvalue weighted by Gasteiger charge is 2.18. The van der Waals surface area contributed by atoms with Gasteiger partial charge in [-0.2, -0.15) is 0 Å². The van der Waals surface area contributed by atoms with E-state index in [0.29, 0.717) is 16.0 Å². The molecule has 6 heteroatoms. The number of carbonyl (C=O) groups is 1. The Morgan fingerprint density at radius 3 is 2.42 bits per heavy atom. The van der Waals surface area contributed by atoms with Crippen molar-refractivity contribution < 1.29 is 4.79 Å². The number of carbonyl (C=O) groups excluding carboxylic acids is 1. The summed E-state index contributed by atoms with van der Waals surface area (Å²) < 4.78 is 2.00. The van der Waals surface area contributed by atoms with Gasteiger partial charge in [-0.15, -0.1) is 10.2 Å². The summed E-state index contributed by atoms with van der Waals surface area (Å²) >= 11 is 7.46. The van der Waals surface area contributed by atoms with Crippen LogP contribution in [0.15, 0.2) is 71.9 Å². The first-order valence-electron chi connectivity index (χ1n) is 9.94. The van der Waals surface area contributed by atoms with E-state index in [1.807, 2.05) is 86.0 Å². The quantitative estimate of drug-likeness (QED) is 0.250. The van der Waals surface area contributed by atoms with E-state index in [1.54, 1.807) is 0 Å². The lowest BCUT2D eigenvalue weighted by Gasteiger charge is -2.11. The molecule has 0 aliphatic heterocycles. The Kier molecular flexibility index (Phi) is 6.25. The third-order valence-electron chi connectivity index (χ3n) is 5.02. The number of hydrogen-bond donors (Lipinski definition) is 0. The fourth-order valence-corrected chi connectivity index (χ4v) is 4.35. The lowest BCUT2D eigenvalue weighted by atomic mass is 10.0. The summed E-state index contributed by atoms with van der Waals surface area (Å²) in [6, 6.07) is 21.6. The molecule has 0 atom stereocenters. The first-order chi connectivity index (χ1) is 14.9. The fourth-order valence-electron chi connectivity index (χ4n) is 3.39. The van der Waals surface area contributed by atoms with Crippen molar-refractivity contribution in [2.24, 2.45) is 0 Å². The number of hydrogen-bond acceptors (Lipinski definition) is 4. The van der Waals surface area contributed by atoms with Crippen molar-refractivity contribution in [3.8, 4) is 17.1 Å². The van der Waals surface area contributed by atoms with Gasteiger partial charge in [0, 0.05) is 21.8 Å². The Balaban J connectivity index is 1.70. The smallest absolute Gasteiger partial charge is 0.196 e. The fraction of sp³-hybridized carbons (Fsp3) is 0.160. The first-order valence-corrected chi connectivity index (χ1v) is 11.3. The molecule has 0 saturated heterocycles. The van der Waals surface area contributed by atoms with Crippen LogP contribution in [0.1, 0.15) is 27.0 Å². The number of thioether (sulfide) groups is 1. The number of rotatable bonds is 6. The molecule has 4 aromatic rings. The molecule has 156 valence electrons. The zero-order chi connectivity index (χ0) is 22.0. The maximum absolute atomic E-state index is 12.9. The predicted molar refractivity (Wildman–Crippen MR) is 128 cm³/mol. The molecule has 0 aliphatic carbocycles. The Morgan fingerprint density at radius 1 is 0.935 bits per heavy atom. The van der Waals surface area contributed by atoms with Crippen molar-refractivity contribution in [3.05, 3.63) is 94.0 Å². The predicted octanol–water partition coefficient (Wildman–Crippen LogP) is 6.49. The summed E-state index contributed by atoms with van der Waals surface area (Å²) in [7, 11) is 0. The van der Waals surface area contributed by atoms with Crippen LogP contribution in [0.25, 0.3) is 17.1 Å². The van der Waals surface area contributed by atoms with Gasteiger partial charge >= 0.3 is 0 Å². The Labute approximate surface area is 191 Å². The minimum atomic E-state index is 0.0815. The molecule has 0 saturated carbocycles. The number of nitrogens with zero attached hydrogens (tertiary/aromatic N) is 3. The molecule has 0 N–H and O–H groups in total. The number of aromatic nitrogens is 3. The molecule has 0 amide bonds. The average Bonchev–Trinajstić information content (AvgIpc) is 3.18. The highest BCUT2D eigenvalue weighted by atomic mass is 35.5. The third kappa shape index (κ3) is 4.73. The van der Waals surface area contributed by atoms with Crippen LogP contribution in [0.5, 0.6) is 0 Å². The number of Topliss-reactive ketones (excluding diaryl/α,β-unsaturated/α-hetero) is 1. The second-order valence-corrected chi connectivity index (χ2v) is 8.90. The van der Waals surface area contributed by atoms with E-state index < -0.39 is 0 Å². The molecule has 1 heterocycles. The van der Waals surface area contributed by atoms with Gasteiger partial charge in [-0.25, -0.2) is 0 Å². The van der Waals surface area contributed by atoms with Crippen molar-refractivity contribution in [2.75, 3.05) is 5.75 Å². The van der Waals surface area contributed by atoms with Crippen LogP contribution < -0.4 is 0 Å². The molecule has 0 aliphatic rings. The van der Waals surface area contributed by atoms with Crippen molar-refractivity contribution in [1.29, 1.82) is 0 Å². The molecular weight excluding hydrogens is 426 g/mol. The molecule has 3 aromatic carbocycles. The van der Waals surface area contributed by atoms with Gasteiger partial charge in [0.05, 0.1) is 5.75 Å². The standard InChI is InChI=1S/C25H22ClN3OS/c1-16-5-4-6-21(13-16)29-24(19-9-11-20(26)12-10-19)27-28-25(29)31-15-23(30)22-14-17(2)7-8-18(22)3/h4-14H,15H2,1-3H3. The van der Waals surface area contributed by atoms with Gasteiger partial charge in [0.15, 0.2) is 16.8 Å². The van der Waals surface area contributed by atoms with Crippen LogP contribution in [0.2, 0.25) is 5.02 Å². The van der Waals surface area contributed by atoms with E-state index in [4.69, 9.17) is 11.6 Å². The number of halogens is 1. The van der Waals surface area contributed by atoms with Gasteiger partial charge in [-0.1, -0.05) is 53.2 Å². The van der Waals surface area contributed by atoms with E-state index >= 15 is 0 Å². The largest absolute Gasteiger partial charge is 0.293 e. The van der Waals surface area contributed by atoms with Crippen LogP contribution >= 0.6 is 23.4 Å². The van der Waals surface area contributed by atoms with Crippen LogP contribution in [-0.4, -0.2) is 26.3 Å². The molecule has 0 unspecified atom stereocenters. The van der Waals surface area contributed by atoms with Crippen LogP contribution in [0.3, 0.4) is 0 Å². The summed E-state index contributed by atoms with van der Waals surface area (Å²) in [5.74, 6) is 1.08. The Morgan fingerprint density at radius 2 is 1.68 bits per heavy atom. The molecule has 4 rings (SSSR count). The molecule has 4 nitrogen and oxygen atoms in total. The highest BCUT2D eigenvalue weighted by Crippen LogP contribution is 2.29. The lowest BCUT2D eigenvalue weighted by molar-refractivity contribution is 0.102. The van der Waals surface area contributed by atoms with Gasteiger partial charge in [0.25, 0.3) is 0 Å². The molecule has 1 aromatic heterocycles. The summed E-state index contributed by atoms with van der Waals surface area (Å²) in [5.41, 5.74) is 5.82. The SMILES string of the molecule is Cc1cccc(-n2c(SCC(=O)c3cc(C)ccc3C)nnc2-c2ccc(Cl)cc2)c1. The van der Waals surface area contributed by atoms with Crippen molar-refractivity contribution in [1.82, 2.24) is 14.8 Å². The van der Waals surface area contributed by atoms with Crippen molar-refractivity contribution in [3.63, 3.8) is 0 Å². The van der Waals surface area contributed by atoms with Gasteiger partial charge < -0.3 is 0 Å². The van der Waals surface area contributed by atoms with Crippen molar-refractivity contribution >= 4 is 29.1 Å². The first kappa shape index (κ1) is 21.3. The van der Waals surface area contributed by atoms with E-state index in [9.17, 15) is 4.79 Å². The third-order valence-corrected chi connectivity index (χ3v) is 6.20. The maximum atomic E-state index is 12.9. The maximum Gasteiger partial charge on any atom is 0.196 e. The normalized spacial score (nSPS) is 11.0. The van der Waals surface area contributed by atoms with E-state index in [2.05, 4.69) is 16.3 Å². The van der Waals surface area contributed by atoms with E-state index in [-0.39, 0.29) is 11.5 Å². The summed E-state index contributed by atoms with van der Waals surface area (Å²) in [6.45, 7) is 6.01. The average molecular weight is 448 g/mol. The zero-order valence-corrected chi connectivity index (χ0v) is 19.2. The summed E-state index contributed by atoms with van der Waals surface area (Å²) in [6.07, 6.45) is 0. The topological polar surface area (TPSA) is 47.8 Å². The van der Waals surface area contributed by atoms with Gasteiger partial charge in [-0.3, -0.25) is 9.36 Å². The minimum Gasteiger partial charge on any atom is -0.293 e. The van der Waals surface area contributed by atoms with E-state index in [0.717, 1.165) is 33.5 Å². The number of ketones is 1. The van der Waals surface area contributed by atoms with Gasteiger partial charge in [0.1, 0.15) is 0 Å². The number of benzene rings is 3. The van der Waals surface area contributed by atoms with Crippen LogP contribution in [-0.2, 0) is 0 Å². The second-order valence-electron chi connectivity index (χ2n) is 7.52. The van der Waals surface area contributed by atoms with Crippen LogP contribution in [0.4, 0.5) is 0 Å². The summed E-state index contributed by atoms with van der Waals surface area (Å²) in [4.78, 5) is 12.9. The molecule has 0 spiro atoms. The molecular formula is C25H22ClN3OS. The monoisotopic (exact) mass is 447 g/mol. The second kappa shape index (κ2) is 9.08. The minimum absolute atomic E-state index is 0.0815. The molecule has 31 heavy (non-hydrogen) atoms.